The minimum atomic E-state index is -1.17. The number of piperidine rings is 2. The number of carbonyl (C=O) groups is 2. The van der Waals surface area contributed by atoms with Crippen LogP contribution in [0.5, 0.6) is 0 Å². The molecule has 2 aromatic heterocycles. The Labute approximate surface area is 189 Å². The van der Waals surface area contributed by atoms with Gasteiger partial charge in [-0.3, -0.25) is 14.5 Å². The third-order valence-electron chi connectivity index (χ3n) is 6.97. The van der Waals surface area contributed by atoms with E-state index in [1.54, 1.807) is 0 Å². The minimum Gasteiger partial charge on any atom is -0.381 e. The zero-order valence-corrected chi connectivity index (χ0v) is 18.5. The maximum absolute atomic E-state index is 15.4. The van der Waals surface area contributed by atoms with Gasteiger partial charge >= 0.3 is 0 Å². The molecule has 2 amide bonds. The largest absolute Gasteiger partial charge is 0.381 e. The van der Waals surface area contributed by atoms with E-state index in [0.29, 0.717) is 32.6 Å². The van der Waals surface area contributed by atoms with Gasteiger partial charge in [0.25, 0.3) is 5.91 Å². The summed E-state index contributed by atoms with van der Waals surface area (Å²) < 4.78 is 30.0. The quantitative estimate of drug-likeness (QED) is 0.655. The Hall–Kier alpha value is -2.86. The van der Waals surface area contributed by atoms with Crippen LogP contribution in [-0.4, -0.2) is 105 Å². The van der Waals surface area contributed by atoms with Crippen LogP contribution in [0.15, 0.2) is 12.4 Å². The lowest BCUT2D eigenvalue weighted by Crippen LogP contribution is -2.69. The van der Waals surface area contributed by atoms with Crippen molar-refractivity contribution in [2.24, 2.45) is 0 Å². The first-order valence-corrected chi connectivity index (χ1v) is 11.3. The molecule has 0 bridgehead atoms. The number of nitrogens with one attached hydrogen (secondary N) is 1. The molecule has 5 heterocycles. The summed E-state index contributed by atoms with van der Waals surface area (Å²) in [7, 11) is 1.81. The summed E-state index contributed by atoms with van der Waals surface area (Å²) in [4.78, 5) is 35.3. The summed E-state index contributed by atoms with van der Waals surface area (Å²) in [5.41, 5.74) is 6.12. The van der Waals surface area contributed by atoms with Crippen LogP contribution >= 0.6 is 0 Å². The van der Waals surface area contributed by atoms with Gasteiger partial charge in [-0.1, -0.05) is 0 Å². The summed E-state index contributed by atoms with van der Waals surface area (Å²) in [6.45, 7) is 2.44. The molecule has 5 rings (SSSR count). The van der Waals surface area contributed by atoms with Gasteiger partial charge in [-0.15, -0.1) is 5.10 Å². The molecule has 10 nitrogen and oxygen atoms in total. The summed E-state index contributed by atoms with van der Waals surface area (Å²) in [6, 6.07) is -0.956. The number of carbonyl (C=O) groups excluding carboxylic acids is 2. The molecule has 4 atom stereocenters. The van der Waals surface area contributed by atoms with Gasteiger partial charge in [0.05, 0.1) is 24.5 Å². The van der Waals surface area contributed by atoms with E-state index in [9.17, 15) is 14.0 Å². The lowest BCUT2D eigenvalue weighted by molar-refractivity contribution is -0.141. The van der Waals surface area contributed by atoms with Gasteiger partial charge in [0.1, 0.15) is 11.7 Å². The van der Waals surface area contributed by atoms with Crippen molar-refractivity contribution < 1.29 is 18.4 Å². The van der Waals surface area contributed by atoms with Crippen molar-refractivity contribution in [1.82, 2.24) is 34.6 Å². The van der Waals surface area contributed by atoms with Gasteiger partial charge < -0.3 is 20.9 Å². The van der Waals surface area contributed by atoms with Crippen molar-refractivity contribution >= 4 is 23.3 Å². The maximum atomic E-state index is 15.4. The molecule has 3 unspecified atom stereocenters. The molecule has 3 aliphatic heterocycles. The molecule has 0 spiro atoms. The van der Waals surface area contributed by atoms with E-state index in [-0.39, 0.29) is 35.5 Å². The summed E-state index contributed by atoms with van der Waals surface area (Å²) in [6.07, 6.45) is 3.25. The molecule has 33 heavy (non-hydrogen) atoms. The molecule has 0 aliphatic carbocycles. The fourth-order valence-electron chi connectivity index (χ4n) is 5.54. The Kier molecular flexibility index (Phi) is 5.65. The van der Waals surface area contributed by atoms with Crippen LogP contribution in [0.2, 0.25) is 0 Å². The molecule has 3 aliphatic rings. The fraction of sp³-hybridized carbons (Fsp3) is 0.619. The van der Waals surface area contributed by atoms with E-state index < -0.39 is 30.0 Å². The Morgan fingerprint density at radius 2 is 2.09 bits per heavy atom. The number of likely N-dealkylation sites (tertiary alicyclic amines) is 1. The number of halogens is 2. The number of fused-ring (bicyclic) bond motifs is 2. The number of hydrogen-bond acceptors (Lipinski definition) is 7. The highest BCUT2D eigenvalue weighted by Crippen LogP contribution is 2.28. The molecule has 0 aromatic carbocycles. The number of nitrogens with zero attached hydrogens (tertiary/aromatic N) is 6. The number of rotatable bonds is 3. The number of nitrogens with two attached hydrogens (primary N) is 1. The maximum Gasteiger partial charge on any atom is 0.259 e. The lowest BCUT2D eigenvalue weighted by atomic mass is 9.92. The number of nitrogen functional groups attached to an aromatic ring is 1. The van der Waals surface area contributed by atoms with Crippen molar-refractivity contribution in [2.45, 2.75) is 43.6 Å². The van der Waals surface area contributed by atoms with Gasteiger partial charge in [-0.2, -0.15) is 0 Å². The van der Waals surface area contributed by atoms with Gasteiger partial charge in [0.2, 0.25) is 5.91 Å². The summed E-state index contributed by atoms with van der Waals surface area (Å²) in [5, 5.41) is 6.93. The molecular formula is C21H28F2N8O2. The molecule has 0 saturated carbocycles. The van der Waals surface area contributed by atoms with Crippen LogP contribution in [0, 0.1) is 5.82 Å². The number of likely N-dealkylation sites (N-methyl/N-ethyl adjacent to an activating group) is 1. The van der Waals surface area contributed by atoms with Crippen LogP contribution in [0.3, 0.4) is 0 Å². The number of aromatic nitrogens is 3. The molecule has 178 valence electrons. The van der Waals surface area contributed by atoms with Gasteiger partial charge in [0, 0.05) is 45.2 Å². The average Bonchev–Trinajstić information content (AvgIpc) is 3.08. The second-order valence-electron chi connectivity index (χ2n) is 9.24. The highest BCUT2D eigenvalue weighted by molar-refractivity contribution is 6.04. The van der Waals surface area contributed by atoms with E-state index in [1.165, 1.54) is 0 Å². The Morgan fingerprint density at radius 3 is 2.91 bits per heavy atom. The SMILES string of the molecule is CN1CC(F)C(N2CCN3C(=O)CCC[C@H]3C2)C(NC(=O)c2c(N)nn3cc(F)cnc23)C1. The molecule has 2 aromatic rings. The molecule has 3 N–H and O–H groups in total. The number of amides is 2. The van der Waals surface area contributed by atoms with Crippen molar-refractivity contribution in [3.8, 4) is 0 Å². The van der Waals surface area contributed by atoms with Crippen LogP contribution in [0.25, 0.3) is 5.65 Å². The topological polar surface area (TPSA) is 112 Å². The van der Waals surface area contributed by atoms with Crippen molar-refractivity contribution in [1.29, 1.82) is 0 Å². The van der Waals surface area contributed by atoms with Gasteiger partial charge in [-0.25, -0.2) is 18.3 Å². The Bertz CT molecular complexity index is 1080. The standard InChI is InChI=1S/C21H28F2N8O2/c1-28-10-14(23)18(29-5-6-30-13(9-29)3-2-4-16(30)32)15(11-28)26-21(33)17-19(24)27-31-8-12(22)7-25-20(17)31/h7-8,13-15,18H,2-6,9-11H2,1H3,(H2,24,27)(H,26,33)/t13-,14?,15?,18?/m0/s1. The van der Waals surface area contributed by atoms with Crippen molar-refractivity contribution in [3.63, 3.8) is 0 Å². The first-order valence-electron chi connectivity index (χ1n) is 11.3. The number of hydrogen-bond donors (Lipinski definition) is 2. The molecule has 12 heteroatoms. The third kappa shape index (κ3) is 4.01. The van der Waals surface area contributed by atoms with E-state index in [0.717, 1.165) is 29.8 Å². The zero-order valence-electron chi connectivity index (χ0n) is 18.5. The number of anilines is 1. The van der Waals surface area contributed by atoms with E-state index in [2.05, 4.69) is 20.3 Å². The minimum absolute atomic E-state index is 0.0417. The highest BCUT2D eigenvalue weighted by atomic mass is 19.1. The number of piperazine rings is 1. The second kappa shape index (κ2) is 8.49. The molecular weight excluding hydrogens is 434 g/mol. The molecule has 3 saturated heterocycles. The van der Waals surface area contributed by atoms with Crippen LogP contribution in [0.4, 0.5) is 14.6 Å². The van der Waals surface area contributed by atoms with E-state index in [4.69, 9.17) is 5.73 Å². The first kappa shape index (κ1) is 22.0. The Balaban J connectivity index is 1.38. The average molecular weight is 463 g/mol. The van der Waals surface area contributed by atoms with E-state index in [1.807, 2.05) is 16.8 Å². The first-order chi connectivity index (χ1) is 15.8. The van der Waals surface area contributed by atoms with Crippen LogP contribution in [-0.2, 0) is 4.79 Å². The van der Waals surface area contributed by atoms with Crippen molar-refractivity contribution in [3.05, 3.63) is 23.8 Å². The predicted octanol–water partition coefficient (Wildman–Crippen LogP) is -0.102. The van der Waals surface area contributed by atoms with Crippen LogP contribution < -0.4 is 11.1 Å². The lowest BCUT2D eigenvalue weighted by Gasteiger charge is -2.50. The molecule has 3 fully saturated rings. The third-order valence-corrected chi connectivity index (χ3v) is 6.97. The monoisotopic (exact) mass is 462 g/mol. The predicted molar refractivity (Wildman–Crippen MR) is 116 cm³/mol. The summed E-state index contributed by atoms with van der Waals surface area (Å²) in [5.74, 6) is -1.03. The van der Waals surface area contributed by atoms with Gasteiger partial charge in [-0.05, 0) is 19.9 Å². The van der Waals surface area contributed by atoms with Crippen LogP contribution in [0.1, 0.15) is 29.6 Å². The number of alkyl halides is 1. The highest BCUT2D eigenvalue weighted by Gasteiger charge is 2.44. The smallest absolute Gasteiger partial charge is 0.259 e. The molecule has 0 radical (unpaired) electrons. The summed E-state index contributed by atoms with van der Waals surface area (Å²) >= 11 is 0. The normalized spacial score (nSPS) is 29.3. The van der Waals surface area contributed by atoms with E-state index >= 15 is 4.39 Å². The van der Waals surface area contributed by atoms with Gasteiger partial charge in [0.15, 0.2) is 17.3 Å². The second-order valence-corrected chi connectivity index (χ2v) is 9.24. The van der Waals surface area contributed by atoms with Crippen molar-refractivity contribution in [2.75, 3.05) is 45.5 Å². The fourth-order valence-corrected chi connectivity index (χ4v) is 5.54. The zero-order chi connectivity index (χ0) is 23.3. The Morgan fingerprint density at radius 1 is 1.27 bits per heavy atom.